The van der Waals surface area contributed by atoms with Crippen LogP contribution in [0.25, 0.3) is 0 Å². The van der Waals surface area contributed by atoms with Crippen LogP contribution in [-0.4, -0.2) is 32.3 Å². The molecule has 0 aromatic rings. The standard InChI is InChI=1S/C21H33NO2S/c1-6-9-18(22-20(25-5)16(3)7-2)21(12-14-24-15-13-21)19(23-4)17-10-8-11-17/h6,9H,7-8,10-15H2,1-5H3/b9-6-,20-16-,22-18-. The summed E-state index contributed by atoms with van der Waals surface area (Å²) in [5, 5.41) is 1.13. The molecule has 2 rings (SSSR count). The smallest absolute Gasteiger partial charge is 0.107 e. The molecule has 1 aliphatic heterocycles. The van der Waals surface area contributed by atoms with Gasteiger partial charge in [-0.1, -0.05) is 13.0 Å². The molecule has 2 fully saturated rings. The summed E-state index contributed by atoms with van der Waals surface area (Å²) in [6.45, 7) is 7.97. The average molecular weight is 364 g/mol. The highest BCUT2D eigenvalue weighted by Gasteiger charge is 2.43. The summed E-state index contributed by atoms with van der Waals surface area (Å²) in [4.78, 5) is 5.16. The van der Waals surface area contributed by atoms with Crippen LogP contribution >= 0.6 is 11.8 Å². The van der Waals surface area contributed by atoms with Gasteiger partial charge in [-0.05, 0) is 75.9 Å². The van der Waals surface area contributed by atoms with Crippen LogP contribution in [-0.2, 0) is 9.47 Å². The Morgan fingerprint density at radius 3 is 2.44 bits per heavy atom. The highest BCUT2D eigenvalue weighted by molar-refractivity contribution is 8.02. The molecule has 1 saturated carbocycles. The highest BCUT2D eigenvalue weighted by atomic mass is 32.2. The third kappa shape index (κ3) is 4.40. The summed E-state index contributed by atoms with van der Waals surface area (Å²) in [5.41, 5.74) is 3.80. The van der Waals surface area contributed by atoms with Gasteiger partial charge in [-0.2, -0.15) is 0 Å². The van der Waals surface area contributed by atoms with Crippen molar-refractivity contribution in [2.75, 3.05) is 26.6 Å². The lowest BCUT2D eigenvalue weighted by Gasteiger charge is -2.41. The molecular weight excluding hydrogens is 330 g/mol. The summed E-state index contributed by atoms with van der Waals surface area (Å²) < 4.78 is 11.7. The van der Waals surface area contributed by atoms with Gasteiger partial charge in [0.25, 0.3) is 0 Å². The quantitative estimate of drug-likeness (QED) is 0.417. The Kier molecular flexibility index (Phi) is 7.82. The first kappa shape index (κ1) is 20.3. The minimum atomic E-state index is -0.149. The van der Waals surface area contributed by atoms with Gasteiger partial charge in [0, 0.05) is 13.2 Å². The van der Waals surface area contributed by atoms with E-state index < -0.39 is 0 Å². The van der Waals surface area contributed by atoms with E-state index in [1.165, 1.54) is 17.6 Å². The molecule has 0 atom stereocenters. The van der Waals surface area contributed by atoms with Crippen molar-refractivity contribution in [3.8, 4) is 0 Å². The molecule has 0 radical (unpaired) electrons. The van der Waals surface area contributed by atoms with Gasteiger partial charge >= 0.3 is 0 Å². The molecule has 0 unspecified atom stereocenters. The molecule has 1 aliphatic carbocycles. The molecule has 3 nitrogen and oxygen atoms in total. The Balaban J connectivity index is 2.60. The molecule has 0 amide bonds. The molecule has 0 N–H and O–H groups in total. The van der Waals surface area contributed by atoms with Gasteiger partial charge in [0.2, 0.25) is 0 Å². The van der Waals surface area contributed by atoms with Gasteiger partial charge < -0.3 is 9.47 Å². The van der Waals surface area contributed by atoms with Gasteiger partial charge in [0.1, 0.15) is 5.76 Å². The van der Waals surface area contributed by atoms with Crippen molar-refractivity contribution in [3.05, 3.63) is 34.1 Å². The second-order valence-corrected chi connectivity index (χ2v) is 7.62. The summed E-state index contributed by atoms with van der Waals surface area (Å²) in [6.07, 6.45) is 12.9. The minimum Gasteiger partial charge on any atom is -0.500 e. The largest absolute Gasteiger partial charge is 0.500 e. The first-order valence-corrected chi connectivity index (χ1v) is 10.6. The number of allylic oxidation sites excluding steroid dienone is 5. The third-order valence-corrected chi connectivity index (χ3v) is 6.22. The van der Waals surface area contributed by atoms with Crippen molar-refractivity contribution in [2.45, 2.75) is 59.3 Å². The van der Waals surface area contributed by atoms with Gasteiger partial charge in [-0.3, -0.25) is 0 Å². The summed E-state index contributed by atoms with van der Waals surface area (Å²) in [7, 11) is 1.83. The second kappa shape index (κ2) is 9.63. The topological polar surface area (TPSA) is 30.8 Å². The zero-order chi connectivity index (χ0) is 18.3. The summed E-state index contributed by atoms with van der Waals surface area (Å²) >= 11 is 1.74. The van der Waals surface area contributed by atoms with Gasteiger partial charge in [-0.15, -0.1) is 11.8 Å². The van der Waals surface area contributed by atoms with E-state index in [2.05, 4.69) is 39.2 Å². The first-order chi connectivity index (χ1) is 12.1. The number of nitrogens with zero attached hydrogens (tertiary/aromatic N) is 1. The number of aliphatic imine (C=N–C) groups is 1. The second-order valence-electron chi connectivity index (χ2n) is 6.83. The summed E-state index contributed by atoms with van der Waals surface area (Å²) in [6, 6.07) is 0. The van der Waals surface area contributed by atoms with Crippen LogP contribution in [0, 0.1) is 5.41 Å². The number of ether oxygens (including phenoxy) is 2. The van der Waals surface area contributed by atoms with E-state index in [0.29, 0.717) is 0 Å². The van der Waals surface area contributed by atoms with E-state index in [4.69, 9.17) is 14.5 Å². The first-order valence-electron chi connectivity index (χ1n) is 9.42. The molecular formula is C21H33NO2S. The minimum absolute atomic E-state index is 0.149. The lowest BCUT2D eigenvalue weighted by molar-refractivity contribution is 0.0359. The number of thioether (sulfide) groups is 1. The van der Waals surface area contributed by atoms with E-state index in [1.54, 1.807) is 11.8 Å². The van der Waals surface area contributed by atoms with Crippen LogP contribution in [0.15, 0.2) is 39.1 Å². The van der Waals surface area contributed by atoms with E-state index in [-0.39, 0.29) is 5.41 Å². The fourth-order valence-electron chi connectivity index (χ4n) is 3.62. The fourth-order valence-corrected chi connectivity index (χ4v) is 4.30. The summed E-state index contributed by atoms with van der Waals surface area (Å²) in [5.74, 6) is 1.16. The monoisotopic (exact) mass is 363 g/mol. The van der Waals surface area contributed by atoms with Crippen molar-refractivity contribution in [2.24, 2.45) is 10.4 Å². The maximum atomic E-state index is 6.01. The van der Waals surface area contributed by atoms with Crippen LogP contribution < -0.4 is 0 Å². The van der Waals surface area contributed by atoms with Crippen molar-refractivity contribution < 1.29 is 9.47 Å². The van der Waals surface area contributed by atoms with Gasteiger partial charge in [-0.25, -0.2) is 4.99 Å². The normalized spacial score (nSPS) is 21.8. The van der Waals surface area contributed by atoms with Gasteiger partial charge in [0.05, 0.1) is 23.3 Å². The molecule has 25 heavy (non-hydrogen) atoms. The number of methoxy groups -OCH3 is 1. The van der Waals surface area contributed by atoms with Crippen LogP contribution in [0.5, 0.6) is 0 Å². The predicted octanol–water partition coefficient (Wildman–Crippen LogP) is 5.89. The Labute approximate surface area is 157 Å². The van der Waals surface area contributed by atoms with Gasteiger partial charge in [0.15, 0.2) is 0 Å². The molecule has 0 aromatic carbocycles. The van der Waals surface area contributed by atoms with Crippen LogP contribution in [0.1, 0.15) is 59.3 Å². The van der Waals surface area contributed by atoms with Crippen LogP contribution in [0.3, 0.4) is 0 Å². The third-order valence-electron chi connectivity index (χ3n) is 5.39. The van der Waals surface area contributed by atoms with Crippen molar-refractivity contribution in [1.82, 2.24) is 0 Å². The lowest BCUT2D eigenvalue weighted by atomic mass is 9.70. The van der Waals surface area contributed by atoms with Crippen molar-refractivity contribution in [1.29, 1.82) is 0 Å². The predicted molar refractivity (Wildman–Crippen MR) is 109 cm³/mol. The van der Waals surface area contributed by atoms with E-state index >= 15 is 0 Å². The average Bonchev–Trinajstić information content (AvgIpc) is 2.61. The number of hydrogen-bond donors (Lipinski definition) is 0. The fraction of sp³-hybridized carbons (Fsp3) is 0.667. The van der Waals surface area contributed by atoms with E-state index in [1.807, 2.05) is 7.11 Å². The molecule has 0 bridgehead atoms. The van der Waals surface area contributed by atoms with E-state index in [0.717, 1.165) is 61.8 Å². The molecule has 1 heterocycles. The molecule has 1 saturated heterocycles. The maximum Gasteiger partial charge on any atom is 0.107 e. The molecule has 2 aliphatic rings. The van der Waals surface area contributed by atoms with Crippen LogP contribution in [0.2, 0.25) is 0 Å². The SMILES string of the molecule is C\C=C/C(=N/C(SC)=C(\C)CC)C1(C(OC)=C2CCC2)CCOCC1. The van der Waals surface area contributed by atoms with Crippen molar-refractivity contribution in [3.63, 3.8) is 0 Å². The Hall–Kier alpha value is -1.00. The zero-order valence-electron chi connectivity index (χ0n) is 16.5. The Morgan fingerprint density at radius 2 is 2.00 bits per heavy atom. The number of hydrogen-bond acceptors (Lipinski definition) is 4. The molecule has 4 heteroatoms. The Bertz CT molecular complexity index is 575. The van der Waals surface area contributed by atoms with Crippen molar-refractivity contribution >= 4 is 17.5 Å². The molecule has 0 aromatic heterocycles. The molecule has 0 spiro atoms. The molecule has 140 valence electrons. The zero-order valence-corrected chi connectivity index (χ0v) is 17.3. The lowest BCUT2D eigenvalue weighted by Crippen LogP contribution is -2.40. The van der Waals surface area contributed by atoms with Crippen LogP contribution in [0.4, 0.5) is 0 Å². The Morgan fingerprint density at radius 1 is 1.32 bits per heavy atom. The highest BCUT2D eigenvalue weighted by Crippen LogP contribution is 2.46. The number of rotatable bonds is 7. The van der Waals surface area contributed by atoms with E-state index in [9.17, 15) is 0 Å². The maximum absolute atomic E-state index is 6.01.